The predicted octanol–water partition coefficient (Wildman–Crippen LogP) is 4.10. The summed E-state index contributed by atoms with van der Waals surface area (Å²) in [6, 6.07) is 0. The van der Waals surface area contributed by atoms with Crippen LogP contribution in [0.4, 0.5) is 0 Å². The summed E-state index contributed by atoms with van der Waals surface area (Å²) < 4.78 is 1.34. The third-order valence-electron chi connectivity index (χ3n) is 4.45. The molecule has 0 amide bonds. The van der Waals surface area contributed by atoms with Gasteiger partial charge in [0.2, 0.25) is 0 Å². The van der Waals surface area contributed by atoms with Crippen molar-refractivity contribution in [2.75, 3.05) is 0 Å². The molecule has 0 saturated carbocycles. The molecule has 0 unspecified atom stereocenters. The second-order valence-corrected chi connectivity index (χ2v) is 7.37. The highest BCUT2D eigenvalue weighted by Crippen LogP contribution is 2.66. The first-order valence-corrected chi connectivity index (χ1v) is 6.53. The van der Waals surface area contributed by atoms with E-state index in [1.165, 1.54) is 25.7 Å². The summed E-state index contributed by atoms with van der Waals surface area (Å²) in [6.07, 6.45) is 5.92. The Labute approximate surface area is 86.9 Å². The lowest BCUT2D eigenvalue weighted by molar-refractivity contribution is 0.287. The van der Waals surface area contributed by atoms with Crippen molar-refractivity contribution in [3.05, 3.63) is 0 Å². The highest BCUT2D eigenvalue weighted by molar-refractivity contribution is 8.02. The van der Waals surface area contributed by atoms with E-state index in [0.29, 0.717) is 9.49 Å². The molecular formula is C12H22S. The van der Waals surface area contributed by atoms with E-state index in [2.05, 4.69) is 39.5 Å². The van der Waals surface area contributed by atoms with Gasteiger partial charge in [-0.05, 0) is 37.5 Å². The Morgan fingerprint density at radius 2 is 1.08 bits per heavy atom. The first-order valence-electron chi connectivity index (χ1n) is 5.71. The monoisotopic (exact) mass is 198 g/mol. The molecule has 2 heterocycles. The number of thioether (sulfide) groups is 1. The second-order valence-electron chi connectivity index (χ2n) is 5.54. The van der Waals surface area contributed by atoms with Crippen molar-refractivity contribution in [3.8, 4) is 0 Å². The van der Waals surface area contributed by atoms with Gasteiger partial charge in [0.1, 0.15) is 0 Å². The molecule has 2 aliphatic heterocycles. The van der Waals surface area contributed by atoms with E-state index >= 15 is 0 Å². The maximum Gasteiger partial charge on any atom is 0.0189 e. The van der Waals surface area contributed by atoms with Crippen LogP contribution in [-0.4, -0.2) is 9.49 Å². The van der Waals surface area contributed by atoms with E-state index in [1.807, 2.05) is 0 Å². The van der Waals surface area contributed by atoms with Crippen LogP contribution in [-0.2, 0) is 0 Å². The first-order chi connectivity index (χ1) is 6.01. The first kappa shape index (κ1) is 9.89. The van der Waals surface area contributed by atoms with Crippen molar-refractivity contribution >= 4 is 11.8 Å². The normalized spacial score (nSPS) is 43.8. The molecule has 0 aromatic rings. The van der Waals surface area contributed by atoms with Crippen LogP contribution in [0.15, 0.2) is 0 Å². The third kappa shape index (κ3) is 1.26. The molecule has 2 fully saturated rings. The van der Waals surface area contributed by atoms with Crippen LogP contribution >= 0.6 is 11.8 Å². The van der Waals surface area contributed by atoms with Crippen LogP contribution < -0.4 is 0 Å². The Bertz CT molecular complexity index is 175. The molecule has 2 saturated heterocycles. The van der Waals surface area contributed by atoms with E-state index in [0.717, 1.165) is 11.8 Å². The molecule has 0 nitrogen and oxygen atoms in total. The summed E-state index contributed by atoms with van der Waals surface area (Å²) in [5, 5.41) is 0. The van der Waals surface area contributed by atoms with Crippen molar-refractivity contribution in [1.82, 2.24) is 0 Å². The van der Waals surface area contributed by atoms with Gasteiger partial charge < -0.3 is 0 Å². The zero-order valence-electron chi connectivity index (χ0n) is 9.39. The minimum atomic E-state index is 0.671. The lowest BCUT2D eigenvalue weighted by Gasteiger charge is -2.30. The smallest absolute Gasteiger partial charge is 0.0189 e. The number of fused-ring (bicyclic) bond motifs is 2. The van der Waals surface area contributed by atoms with Crippen LogP contribution in [0.5, 0.6) is 0 Å². The molecule has 2 rings (SSSR count). The average molecular weight is 198 g/mol. The maximum atomic E-state index is 2.41. The fourth-order valence-corrected chi connectivity index (χ4v) is 5.19. The van der Waals surface area contributed by atoms with E-state index in [4.69, 9.17) is 0 Å². The van der Waals surface area contributed by atoms with Gasteiger partial charge in [0.25, 0.3) is 0 Å². The second kappa shape index (κ2) is 2.92. The fourth-order valence-electron chi connectivity index (χ4n) is 3.10. The van der Waals surface area contributed by atoms with Gasteiger partial charge in [0, 0.05) is 9.49 Å². The van der Waals surface area contributed by atoms with Crippen molar-refractivity contribution in [3.63, 3.8) is 0 Å². The van der Waals surface area contributed by atoms with E-state index in [-0.39, 0.29) is 0 Å². The molecule has 0 atom stereocenters. The summed E-state index contributed by atoms with van der Waals surface area (Å²) >= 11 is 2.34. The Balaban J connectivity index is 2.19. The standard InChI is InChI=1S/C12H22S/c1-9(2)11-5-7-12(13-11,8-6-11)10(3)4/h9-10H,5-8H2,1-4H3. The fraction of sp³-hybridized carbons (Fsp3) is 1.00. The minimum Gasteiger partial charge on any atom is -0.148 e. The van der Waals surface area contributed by atoms with Gasteiger partial charge >= 0.3 is 0 Å². The highest BCUT2D eigenvalue weighted by Gasteiger charge is 2.57. The minimum absolute atomic E-state index is 0.671. The lowest BCUT2D eigenvalue weighted by Crippen LogP contribution is -2.29. The average Bonchev–Trinajstić information content (AvgIpc) is 2.61. The van der Waals surface area contributed by atoms with Gasteiger partial charge in [-0.15, -0.1) is 11.8 Å². The SMILES string of the molecule is CC(C)C12CCC(C(C)C)(CC1)S2. The molecule has 76 valence electrons. The van der Waals surface area contributed by atoms with Crippen LogP contribution in [0.3, 0.4) is 0 Å². The number of hydrogen-bond donors (Lipinski definition) is 0. The van der Waals surface area contributed by atoms with Crippen molar-refractivity contribution in [2.24, 2.45) is 11.8 Å². The molecule has 0 aromatic carbocycles. The molecule has 0 aromatic heterocycles. The molecule has 0 aliphatic carbocycles. The van der Waals surface area contributed by atoms with Gasteiger partial charge in [0.15, 0.2) is 0 Å². The highest BCUT2D eigenvalue weighted by atomic mass is 32.2. The van der Waals surface area contributed by atoms with Crippen LogP contribution in [0.2, 0.25) is 0 Å². The largest absolute Gasteiger partial charge is 0.148 e. The summed E-state index contributed by atoms with van der Waals surface area (Å²) in [6.45, 7) is 9.65. The zero-order valence-corrected chi connectivity index (χ0v) is 10.2. The molecule has 13 heavy (non-hydrogen) atoms. The topological polar surface area (TPSA) is 0 Å². The Kier molecular flexibility index (Phi) is 2.22. The molecule has 0 radical (unpaired) electrons. The van der Waals surface area contributed by atoms with Crippen molar-refractivity contribution in [2.45, 2.75) is 62.9 Å². The summed E-state index contributed by atoms with van der Waals surface area (Å²) in [4.78, 5) is 0. The molecular weight excluding hydrogens is 176 g/mol. The van der Waals surface area contributed by atoms with Gasteiger partial charge in [0.05, 0.1) is 0 Å². The Morgan fingerprint density at radius 1 is 0.769 bits per heavy atom. The van der Waals surface area contributed by atoms with E-state index in [9.17, 15) is 0 Å². The molecule has 1 heteroatoms. The maximum absolute atomic E-state index is 2.41. The Hall–Kier alpha value is 0.350. The van der Waals surface area contributed by atoms with Crippen molar-refractivity contribution in [1.29, 1.82) is 0 Å². The zero-order chi connectivity index (χ0) is 9.69. The van der Waals surface area contributed by atoms with Gasteiger partial charge in [-0.25, -0.2) is 0 Å². The van der Waals surface area contributed by atoms with Crippen LogP contribution in [0.25, 0.3) is 0 Å². The summed E-state index contributed by atoms with van der Waals surface area (Å²) in [7, 11) is 0. The molecule has 0 N–H and O–H groups in total. The van der Waals surface area contributed by atoms with Crippen LogP contribution in [0, 0.1) is 11.8 Å². The summed E-state index contributed by atoms with van der Waals surface area (Å²) in [5.74, 6) is 1.75. The lowest BCUT2D eigenvalue weighted by atomic mass is 9.73. The van der Waals surface area contributed by atoms with Crippen LogP contribution in [0.1, 0.15) is 53.4 Å². The number of hydrogen-bond acceptors (Lipinski definition) is 1. The number of rotatable bonds is 2. The van der Waals surface area contributed by atoms with Gasteiger partial charge in [-0.1, -0.05) is 27.7 Å². The van der Waals surface area contributed by atoms with Gasteiger partial charge in [-0.2, -0.15) is 0 Å². The third-order valence-corrected chi connectivity index (χ3v) is 7.03. The quantitative estimate of drug-likeness (QED) is 0.644. The van der Waals surface area contributed by atoms with Crippen molar-refractivity contribution < 1.29 is 0 Å². The molecule has 0 spiro atoms. The summed E-state index contributed by atoms with van der Waals surface area (Å²) in [5.41, 5.74) is 0. The van der Waals surface area contributed by atoms with E-state index in [1.54, 1.807) is 0 Å². The molecule has 2 bridgehead atoms. The Morgan fingerprint density at radius 3 is 1.23 bits per heavy atom. The molecule has 2 aliphatic rings. The van der Waals surface area contributed by atoms with Gasteiger partial charge in [-0.3, -0.25) is 0 Å². The predicted molar refractivity (Wildman–Crippen MR) is 61.2 cm³/mol. The van der Waals surface area contributed by atoms with E-state index < -0.39 is 0 Å².